The van der Waals surface area contributed by atoms with Crippen LogP contribution in [0.4, 0.5) is 0 Å². The van der Waals surface area contributed by atoms with Gasteiger partial charge in [-0.1, -0.05) is 74.6 Å². The first kappa shape index (κ1) is 17.9. The van der Waals surface area contributed by atoms with Crippen LogP contribution in [0.15, 0.2) is 42.5 Å². The second kappa shape index (κ2) is 9.00. The fraction of sp³-hybridized carbons (Fsp3) is 0.500. The second-order valence-corrected chi connectivity index (χ2v) is 7.27. The third kappa shape index (κ3) is 5.05. The summed E-state index contributed by atoms with van der Waals surface area (Å²) in [5.74, 6) is 0.858. The number of carbonyl (C=O) groups excluding carboxylic acids is 1. The van der Waals surface area contributed by atoms with Gasteiger partial charge >= 0.3 is 0 Å². The lowest BCUT2D eigenvalue weighted by Crippen LogP contribution is -2.26. The van der Waals surface area contributed by atoms with E-state index in [1.165, 1.54) is 32.1 Å². The molecule has 0 spiro atoms. The Balaban J connectivity index is 1.44. The topological polar surface area (TPSA) is 49.3 Å². The minimum atomic E-state index is -0.551. The summed E-state index contributed by atoms with van der Waals surface area (Å²) >= 11 is 0. The van der Waals surface area contributed by atoms with E-state index in [0.717, 1.165) is 28.7 Å². The lowest BCUT2D eigenvalue weighted by molar-refractivity contribution is -0.121. The van der Waals surface area contributed by atoms with Crippen LogP contribution in [0.25, 0.3) is 10.8 Å². The van der Waals surface area contributed by atoms with E-state index in [-0.39, 0.29) is 5.91 Å². The van der Waals surface area contributed by atoms with Gasteiger partial charge in [0.2, 0.25) is 5.91 Å². The van der Waals surface area contributed by atoms with Crippen molar-refractivity contribution in [3.63, 3.8) is 0 Å². The van der Waals surface area contributed by atoms with Gasteiger partial charge in [0.25, 0.3) is 0 Å². The molecule has 1 atom stereocenters. The Bertz CT molecular complexity index is 686. The van der Waals surface area contributed by atoms with Gasteiger partial charge in [-0.15, -0.1) is 0 Å². The molecule has 0 heterocycles. The van der Waals surface area contributed by atoms with E-state index in [0.29, 0.717) is 19.4 Å². The van der Waals surface area contributed by atoms with Gasteiger partial charge in [-0.3, -0.25) is 4.79 Å². The van der Waals surface area contributed by atoms with Crippen molar-refractivity contribution in [1.29, 1.82) is 0 Å². The average molecular weight is 339 g/mol. The summed E-state index contributed by atoms with van der Waals surface area (Å²) < 4.78 is 0. The number of hydrogen-bond acceptors (Lipinski definition) is 2. The molecule has 1 fully saturated rings. The quantitative estimate of drug-likeness (QED) is 0.765. The molecule has 3 heteroatoms. The van der Waals surface area contributed by atoms with Crippen LogP contribution >= 0.6 is 0 Å². The Labute approximate surface area is 150 Å². The Morgan fingerprint density at radius 1 is 1.08 bits per heavy atom. The normalized spacial score (nSPS) is 16.7. The zero-order chi connectivity index (χ0) is 17.5. The van der Waals surface area contributed by atoms with E-state index in [9.17, 15) is 9.90 Å². The molecule has 1 unspecified atom stereocenters. The lowest BCUT2D eigenvalue weighted by Gasteiger charge is -2.21. The first-order valence-corrected chi connectivity index (χ1v) is 9.66. The molecule has 134 valence electrons. The van der Waals surface area contributed by atoms with Gasteiger partial charge in [-0.05, 0) is 35.1 Å². The molecule has 0 bridgehead atoms. The SMILES string of the molecule is O=C(CCC1CCCCC1)NCCC(O)c1cccc2ccccc12. The number of aliphatic hydroxyl groups is 1. The second-order valence-electron chi connectivity index (χ2n) is 7.27. The predicted octanol–water partition coefficient (Wildman–Crippen LogP) is 4.74. The molecule has 0 radical (unpaired) electrons. The van der Waals surface area contributed by atoms with Crippen molar-refractivity contribution in [1.82, 2.24) is 5.32 Å². The summed E-state index contributed by atoms with van der Waals surface area (Å²) in [6.45, 7) is 0.522. The molecule has 25 heavy (non-hydrogen) atoms. The molecule has 2 aromatic rings. The molecule has 0 aromatic heterocycles. The van der Waals surface area contributed by atoms with Crippen molar-refractivity contribution >= 4 is 16.7 Å². The lowest BCUT2D eigenvalue weighted by atomic mass is 9.86. The van der Waals surface area contributed by atoms with Gasteiger partial charge in [-0.2, -0.15) is 0 Å². The van der Waals surface area contributed by atoms with Crippen LogP contribution in [0.1, 0.15) is 63.0 Å². The number of hydrogen-bond donors (Lipinski definition) is 2. The first-order chi connectivity index (χ1) is 12.2. The highest BCUT2D eigenvalue weighted by Crippen LogP contribution is 2.27. The summed E-state index contributed by atoms with van der Waals surface area (Å²) in [7, 11) is 0. The van der Waals surface area contributed by atoms with E-state index < -0.39 is 6.10 Å². The number of nitrogens with one attached hydrogen (secondary N) is 1. The molecule has 2 aromatic carbocycles. The molecule has 0 saturated heterocycles. The third-order valence-electron chi connectivity index (χ3n) is 5.43. The van der Waals surface area contributed by atoms with Crippen molar-refractivity contribution in [2.75, 3.05) is 6.54 Å². The number of fused-ring (bicyclic) bond motifs is 1. The highest BCUT2D eigenvalue weighted by atomic mass is 16.3. The highest BCUT2D eigenvalue weighted by Gasteiger charge is 2.15. The van der Waals surface area contributed by atoms with Crippen molar-refractivity contribution < 1.29 is 9.90 Å². The summed E-state index contributed by atoms with van der Waals surface area (Å²) in [6, 6.07) is 14.1. The van der Waals surface area contributed by atoms with Crippen LogP contribution < -0.4 is 5.32 Å². The number of amides is 1. The molecule has 2 N–H and O–H groups in total. The summed E-state index contributed by atoms with van der Waals surface area (Å²) in [5.41, 5.74) is 0.939. The van der Waals surface area contributed by atoms with E-state index in [2.05, 4.69) is 17.4 Å². The first-order valence-electron chi connectivity index (χ1n) is 9.66. The average Bonchev–Trinajstić information content (AvgIpc) is 2.66. The molecule has 0 aliphatic heterocycles. The standard InChI is InChI=1S/C22H29NO2/c24-21(20-12-6-10-18-9-4-5-11-19(18)20)15-16-23-22(25)14-13-17-7-2-1-3-8-17/h4-6,9-12,17,21,24H,1-3,7-8,13-16H2,(H,23,25). The van der Waals surface area contributed by atoms with Crippen molar-refractivity contribution in [3.8, 4) is 0 Å². The van der Waals surface area contributed by atoms with Crippen LogP contribution in [0, 0.1) is 5.92 Å². The zero-order valence-corrected chi connectivity index (χ0v) is 14.9. The van der Waals surface area contributed by atoms with Gasteiger partial charge in [0.1, 0.15) is 0 Å². The van der Waals surface area contributed by atoms with Gasteiger partial charge in [0, 0.05) is 13.0 Å². The van der Waals surface area contributed by atoms with E-state index in [4.69, 9.17) is 0 Å². The molecule has 1 saturated carbocycles. The van der Waals surface area contributed by atoms with E-state index >= 15 is 0 Å². The van der Waals surface area contributed by atoms with Crippen LogP contribution in [0.2, 0.25) is 0 Å². The number of aliphatic hydroxyl groups excluding tert-OH is 1. The summed E-state index contributed by atoms with van der Waals surface area (Å²) in [4.78, 5) is 12.0. The maximum absolute atomic E-state index is 12.0. The molecule has 3 rings (SSSR count). The molecule has 1 amide bonds. The summed E-state index contributed by atoms with van der Waals surface area (Å²) in [5, 5.41) is 15.7. The minimum absolute atomic E-state index is 0.121. The maximum atomic E-state index is 12.0. The van der Waals surface area contributed by atoms with E-state index in [1.54, 1.807) is 0 Å². The van der Waals surface area contributed by atoms with Crippen molar-refractivity contribution in [2.45, 2.75) is 57.5 Å². The van der Waals surface area contributed by atoms with Gasteiger partial charge in [-0.25, -0.2) is 0 Å². The number of carbonyl (C=O) groups is 1. The minimum Gasteiger partial charge on any atom is -0.388 e. The molecule has 1 aliphatic rings. The van der Waals surface area contributed by atoms with E-state index in [1.807, 2.05) is 30.3 Å². The van der Waals surface area contributed by atoms with Crippen LogP contribution in [0.5, 0.6) is 0 Å². The fourth-order valence-electron chi connectivity index (χ4n) is 3.94. The van der Waals surface area contributed by atoms with Crippen molar-refractivity contribution in [2.24, 2.45) is 5.92 Å². The Hall–Kier alpha value is -1.87. The van der Waals surface area contributed by atoms with Crippen LogP contribution in [0.3, 0.4) is 0 Å². The monoisotopic (exact) mass is 339 g/mol. The predicted molar refractivity (Wildman–Crippen MR) is 102 cm³/mol. The zero-order valence-electron chi connectivity index (χ0n) is 14.9. The maximum Gasteiger partial charge on any atom is 0.220 e. The number of benzene rings is 2. The highest BCUT2D eigenvalue weighted by molar-refractivity contribution is 5.86. The molecule has 3 nitrogen and oxygen atoms in total. The fourth-order valence-corrected chi connectivity index (χ4v) is 3.94. The molecular weight excluding hydrogens is 310 g/mol. The van der Waals surface area contributed by atoms with Crippen LogP contribution in [-0.4, -0.2) is 17.6 Å². The van der Waals surface area contributed by atoms with Gasteiger partial charge in [0.05, 0.1) is 6.10 Å². The number of rotatable bonds is 7. The van der Waals surface area contributed by atoms with Crippen molar-refractivity contribution in [3.05, 3.63) is 48.0 Å². The largest absolute Gasteiger partial charge is 0.388 e. The molecular formula is C22H29NO2. The summed E-state index contributed by atoms with van der Waals surface area (Å²) in [6.07, 6.45) is 8.20. The van der Waals surface area contributed by atoms with Gasteiger partial charge in [0.15, 0.2) is 0 Å². The Kier molecular flexibility index (Phi) is 6.46. The smallest absolute Gasteiger partial charge is 0.220 e. The Morgan fingerprint density at radius 3 is 2.68 bits per heavy atom. The third-order valence-corrected chi connectivity index (χ3v) is 5.43. The molecule has 1 aliphatic carbocycles. The van der Waals surface area contributed by atoms with Gasteiger partial charge < -0.3 is 10.4 Å². The van der Waals surface area contributed by atoms with Crippen LogP contribution in [-0.2, 0) is 4.79 Å². The Morgan fingerprint density at radius 2 is 1.84 bits per heavy atom.